The second-order valence-electron chi connectivity index (χ2n) is 4.89. The van der Waals surface area contributed by atoms with Crippen molar-refractivity contribution in [2.45, 2.75) is 20.0 Å². The first kappa shape index (κ1) is 12.6. The summed E-state index contributed by atoms with van der Waals surface area (Å²) in [6, 6.07) is 11.4. The highest BCUT2D eigenvalue weighted by atomic mass is 16.5. The lowest BCUT2D eigenvalue weighted by Gasteiger charge is -2.23. The van der Waals surface area contributed by atoms with E-state index in [9.17, 15) is 4.79 Å². The molecule has 0 N–H and O–H groups in total. The quantitative estimate of drug-likeness (QED) is 0.780. The molecule has 0 fully saturated rings. The van der Waals surface area contributed by atoms with Crippen molar-refractivity contribution in [3.63, 3.8) is 0 Å². The molecule has 100 valence electrons. The molecule has 20 heavy (non-hydrogen) atoms. The third-order valence-electron chi connectivity index (χ3n) is 3.33. The van der Waals surface area contributed by atoms with E-state index in [1.807, 2.05) is 43.3 Å². The molecule has 3 heteroatoms. The molecule has 2 heterocycles. The third kappa shape index (κ3) is 2.23. The van der Waals surface area contributed by atoms with Crippen molar-refractivity contribution < 1.29 is 9.53 Å². The van der Waals surface area contributed by atoms with Gasteiger partial charge in [0.2, 0.25) is 0 Å². The monoisotopic (exact) mass is 265 g/mol. The van der Waals surface area contributed by atoms with Crippen LogP contribution in [0.15, 0.2) is 48.7 Å². The topological polar surface area (TPSA) is 39.2 Å². The van der Waals surface area contributed by atoms with E-state index in [-0.39, 0.29) is 11.9 Å². The SMILES string of the molecule is CC(=O)c1ccc2c(c1)C(c1ccccn1)=CC(C)O2. The molecule has 0 bridgehead atoms. The van der Waals surface area contributed by atoms with E-state index in [1.165, 1.54) is 0 Å². The molecule has 1 atom stereocenters. The van der Waals surface area contributed by atoms with Crippen molar-refractivity contribution >= 4 is 11.4 Å². The molecule has 2 aromatic rings. The maximum atomic E-state index is 11.6. The molecule has 1 aliphatic heterocycles. The molecular weight excluding hydrogens is 250 g/mol. The predicted molar refractivity (Wildman–Crippen MR) is 77.9 cm³/mol. The zero-order valence-electron chi connectivity index (χ0n) is 11.5. The Bertz CT molecular complexity index is 689. The molecule has 3 nitrogen and oxygen atoms in total. The smallest absolute Gasteiger partial charge is 0.159 e. The Balaban J connectivity index is 2.16. The fraction of sp³-hybridized carbons (Fsp3) is 0.176. The number of pyridine rings is 1. The Morgan fingerprint density at radius 1 is 1.25 bits per heavy atom. The Labute approximate surface area is 117 Å². The average Bonchev–Trinajstić information content (AvgIpc) is 2.46. The lowest BCUT2D eigenvalue weighted by molar-refractivity contribution is 0.101. The van der Waals surface area contributed by atoms with Crippen LogP contribution in [0.25, 0.3) is 5.57 Å². The minimum atomic E-state index is -0.0114. The summed E-state index contributed by atoms with van der Waals surface area (Å²) in [4.78, 5) is 16.0. The molecule has 0 spiro atoms. The Hall–Kier alpha value is -2.42. The van der Waals surface area contributed by atoms with Gasteiger partial charge in [-0.2, -0.15) is 0 Å². The van der Waals surface area contributed by atoms with Crippen LogP contribution in [0.2, 0.25) is 0 Å². The van der Waals surface area contributed by atoms with Gasteiger partial charge in [-0.05, 0) is 50.3 Å². The van der Waals surface area contributed by atoms with Crippen LogP contribution in [0.1, 0.15) is 35.5 Å². The Kier molecular flexibility index (Phi) is 3.11. The molecule has 0 saturated carbocycles. The normalized spacial score (nSPS) is 16.9. The first-order valence-electron chi connectivity index (χ1n) is 6.60. The molecular formula is C17H15NO2. The number of fused-ring (bicyclic) bond motifs is 1. The van der Waals surface area contributed by atoms with Crippen LogP contribution in [0, 0.1) is 0 Å². The summed E-state index contributed by atoms with van der Waals surface area (Å²) in [6.45, 7) is 3.56. The summed E-state index contributed by atoms with van der Waals surface area (Å²) in [6.07, 6.45) is 3.79. The van der Waals surface area contributed by atoms with Gasteiger partial charge in [-0.25, -0.2) is 0 Å². The van der Waals surface area contributed by atoms with Crippen molar-refractivity contribution in [2.24, 2.45) is 0 Å². The van der Waals surface area contributed by atoms with Gasteiger partial charge in [0.1, 0.15) is 11.9 Å². The summed E-state index contributed by atoms with van der Waals surface area (Å²) >= 11 is 0. The first-order valence-corrected chi connectivity index (χ1v) is 6.60. The van der Waals surface area contributed by atoms with E-state index in [0.29, 0.717) is 5.56 Å². The van der Waals surface area contributed by atoms with Gasteiger partial charge < -0.3 is 4.74 Å². The number of ketones is 1. The lowest BCUT2D eigenvalue weighted by Crippen LogP contribution is -2.16. The van der Waals surface area contributed by atoms with Gasteiger partial charge in [0, 0.05) is 22.9 Å². The van der Waals surface area contributed by atoms with Crippen molar-refractivity contribution in [2.75, 3.05) is 0 Å². The number of benzene rings is 1. The Morgan fingerprint density at radius 2 is 2.10 bits per heavy atom. The van der Waals surface area contributed by atoms with Crippen LogP contribution < -0.4 is 4.74 Å². The summed E-state index contributed by atoms with van der Waals surface area (Å²) in [7, 11) is 0. The van der Waals surface area contributed by atoms with Crippen LogP contribution >= 0.6 is 0 Å². The molecule has 1 aliphatic rings. The zero-order valence-corrected chi connectivity index (χ0v) is 11.5. The number of rotatable bonds is 2. The third-order valence-corrected chi connectivity index (χ3v) is 3.33. The molecule has 1 unspecified atom stereocenters. The van der Waals surface area contributed by atoms with Gasteiger partial charge in [-0.1, -0.05) is 6.07 Å². The molecule has 3 rings (SSSR count). The van der Waals surface area contributed by atoms with E-state index in [0.717, 1.165) is 22.6 Å². The maximum absolute atomic E-state index is 11.6. The van der Waals surface area contributed by atoms with Crippen molar-refractivity contribution in [3.05, 3.63) is 65.5 Å². The fourth-order valence-electron chi connectivity index (χ4n) is 2.37. The van der Waals surface area contributed by atoms with Crippen LogP contribution in [-0.2, 0) is 0 Å². The van der Waals surface area contributed by atoms with Crippen molar-refractivity contribution in [3.8, 4) is 5.75 Å². The minimum absolute atomic E-state index is 0.0114. The van der Waals surface area contributed by atoms with Gasteiger partial charge in [0.05, 0.1) is 5.69 Å². The van der Waals surface area contributed by atoms with E-state index in [2.05, 4.69) is 4.98 Å². The van der Waals surface area contributed by atoms with E-state index < -0.39 is 0 Å². The lowest BCUT2D eigenvalue weighted by atomic mass is 9.95. The Morgan fingerprint density at radius 3 is 2.80 bits per heavy atom. The molecule has 1 aromatic heterocycles. The second kappa shape index (κ2) is 4.93. The molecule has 1 aromatic carbocycles. The van der Waals surface area contributed by atoms with Crippen LogP contribution in [0.5, 0.6) is 5.75 Å². The summed E-state index contributed by atoms with van der Waals surface area (Å²) in [5.74, 6) is 0.845. The number of carbonyl (C=O) groups excluding carboxylic acids is 1. The standard InChI is InChI=1S/C17H15NO2/c1-11-9-14(16-5-3-4-8-18-16)15-10-13(12(2)19)6-7-17(15)20-11/h3-11H,1-2H3. The molecule has 0 amide bonds. The molecule has 0 saturated heterocycles. The number of hydrogen-bond acceptors (Lipinski definition) is 3. The number of Topliss-reactive ketones (excluding diaryl/α,β-unsaturated/α-hetero) is 1. The van der Waals surface area contributed by atoms with E-state index in [1.54, 1.807) is 19.2 Å². The zero-order chi connectivity index (χ0) is 14.1. The number of nitrogens with zero attached hydrogens (tertiary/aromatic N) is 1. The van der Waals surface area contributed by atoms with Gasteiger partial charge in [0.15, 0.2) is 5.78 Å². The summed E-state index contributed by atoms with van der Waals surface area (Å²) in [5.41, 5.74) is 3.52. The highest BCUT2D eigenvalue weighted by Crippen LogP contribution is 2.35. The number of carbonyl (C=O) groups is 1. The van der Waals surface area contributed by atoms with Gasteiger partial charge in [-0.3, -0.25) is 9.78 Å². The predicted octanol–water partition coefficient (Wildman–Crippen LogP) is 3.50. The largest absolute Gasteiger partial charge is 0.486 e. The maximum Gasteiger partial charge on any atom is 0.159 e. The number of ether oxygens (including phenoxy) is 1. The highest BCUT2D eigenvalue weighted by molar-refractivity contribution is 5.96. The van der Waals surface area contributed by atoms with Crippen molar-refractivity contribution in [1.82, 2.24) is 4.98 Å². The minimum Gasteiger partial charge on any atom is -0.486 e. The summed E-state index contributed by atoms with van der Waals surface area (Å²) < 4.78 is 5.80. The second-order valence-corrected chi connectivity index (χ2v) is 4.89. The fourth-order valence-corrected chi connectivity index (χ4v) is 2.37. The van der Waals surface area contributed by atoms with Crippen molar-refractivity contribution in [1.29, 1.82) is 0 Å². The van der Waals surface area contributed by atoms with Gasteiger partial charge in [0.25, 0.3) is 0 Å². The van der Waals surface area contributed by atoms with E-state index in [4.69, 9.17) is 4.74 Å². The van der Waals surface area contributed by atoms with Crippen LogP contribution in [-0.4, -0.2) is 16.9 Å². The van der Waals surface area contributed by atoms with E-state index >= 15 is 0 Å². The molecule has 0 radical (unpaired) electrons. The average molecular weight is 265 g/mol. The molecule has 0 aliphatic carbocycles. The van der Waals surface area contributed by atoms with Crippen LogP contribution in [0.3, 0.4) is 0 Å². The highest BCUT2D eigenvalue weighted by Gasteiger charge is 2.20. The summed E-state index contributed by atoms with van der Waals surface area (Å²) in [5, 5.41) is 0. The number of aromatic nitrogens is 1. The van der Waals surface area contributed by atoms with Gasteiger partial charge in [-0.15, -0.1) is 0 Å². The van der Waals surface area contributed by atoms with Gasteiger partial charge >= 0.3 is 0 Å². The number of hydrogen-bond donors (Lipinski definition) is 0. The first-order chi connectivity index (χ1) is 9.65. The van der Waals surface area contributed by atoms with Crippen LogP contribution in [0.4, 0.5) is 0 Å².